The summed E-state index contributed by atoms with van der Waals surface area (Å²) in [7, 11) is 0.623. The molecule has 0 spiro atoms. The Hall–Kier alpha value is -2.90. The van der Waals surface area contributed by atoms with E-state index in [2.05, 4.69) is 111 Å². The second-order valence-electron chi connectivity index (χ2n) is 8.82. The smallest absolute Gasteiger partial charge is 0.0654 e. The standard InChI is InChI=1S/C32H34Si/c1-3-5-13-25-19-21-31(29(23-25)27-15-9-7-10-16-27)33-32-22-20-26(14-6-4-2)24-30(32)28-17-11-8-12-18-28/h7-12,15-24H,3-6,13-14H2,1-2H3. The summed E-state index contributed by atoms with van der Waals surface area (Å²) in [6.45, 7) is 4.53. The fraction of sp³-hybridized carbons (Fsp3) is 0.250. The molecule has 4 aromatic carbocycles. The third-order valence-electron chi connectivity index (χ3n) is 6.24. The molecule has 0 fully saturated rings. The summed E-state index contributed by atoms with van der Waals surface area (Å²) < 4.78 is 0. The van der Waals surface area contributed by atoms with Gasteiger partial charge < -0.3 is 0 Å². The molecule has 0 atom stereocenters. The lowest BCUT2D eigenvalue weighted by molar-refractivity contribution is 0.795. The Kier molecular flexibility index (Phi) is 8.33. The number of rotatable bonds is 10. The summed E-state index contributed by atoms with van der Waals surface area (Å²) in [6.07, 6.45) is 7.26. The van der Waals surface area contributed by atoms with Crippen molar-refractivity contribution >= 4 is 19.9 Å². The zero-order chi connectivity index (χ0) is 22.9. The van der Waals surface area contributed by atoms with E-state index in [4.69, 9.17) is 0 Å². The van der Waals surface area contributed by atoms with Crippen LogP contribution in [0, 0.1) is 0 Å². The highest BCUT2D eigenvalue weighted by molar-refractivity contribution is 6.70. The van der Waals surface area contributed by atoms with Crippen LogP contribution in [0.2, 0.25) is 0 Å². The van der Waals surface area contributed by atoms with Gasteiger partial charge in [0, 0.05) is 0 Å². The van der Waals surface area contributed by atoms with Crippen LogP contribution in [0.25, 0.3) is 22.3 Å². The van der Waals surface area contributed by atoms with Gasteiger partial charge >= 0.3 is 0 Å². The molecule has 0 N–H and O–H groups in total. The molecule has 4 aromatic rings. The fourth-order valence-corrected chi connectivity index (χ4v) is 5.66. The Balaban J connectivity index is 1.75. The molecule has 0 bridgehead atoms. The number of unbranched alkanes of at least 4 members (excludes halogenated alkanes) is 2. The first-order valence-electron chi connectivity index (χ1n) is 12.4. The minimum atomic E-state index is 0.623. The molecule has 4 rings (SSSR count). The molecule has 0 unspecified atom stereocenters. The van der Waals surface area contributed by atoms with Gasteiger partial charge in [0.05, 0.1) is 0 Å². The molecule has 0 saturated carbocycles. The quantitative estimate of drug-likeness (QED) is 0.223. The number of hydrogen-bond donors (Lipinski definition) is 0. The summed E-state index contributed by atoms with van der Waals surface area (Å²) in [6, 6.07) is 36.1. The molecule has 2 radical (unpaired) electrons. The zero-order valence-corrected chi connectivity index (χ0v) is 21.0. The van der Waals surface area contributed by atoms with E-state index >= 15 is 0 Å². The van der Waals surface area contributed by atoms with Gasteiger partial charge in [-0.2, -0.15) is 0 Å². The first kappa shape index (κ1) is 23.3. The van der Waals surface area contributed by atoms with Crippen LogP contribution in [0.3, 0.4) is 0 Å². The van der Waals surface area contributed by atoms with Crippen LogP contribution >= 0.6 is 0 Å². The third-order valence-corrected chi connectivity index (χ3v) is 7.66. The largest absolute Gasteiger partial charge is 0.123 e. The van der Waals surface area contributed by atoms with Gasteiger partial charge in [-0.15, -0.1) is 0 Å². The van der Waals surface area contributed by atoms with E-state index in [-0.39, 0.29) is 0 Å². The van der Waals surface area contributed by atoms with Crippen molar-refractivity contribution in [3.05, 3.63) is 108 Å². The zero-order valence-electron chi connectivity index (χ0n) is 20.0. The fourth-order valence-electron chi connectivity index (χ4n) is 4.33. The van der Waals surface area contributed by atoms with E-state index < -0.39 is 0 Å². The second kappa shape index (κ2) is 11.8. The van der Waals surface area contributed by atoms with Gasteiger partial charge in [0.1, 0.15) is 9.52 Å². The van der Waals surface area contributed by atoms with Crippen molar-refractivity contribution in [2.75, 3.05) is 0 Å². The van der Waals surface area contributed by atoms with Crippen LogP contribution in [0.15, 0.2) is 97.1 Å². The molecular weight excluding hydrogens is 412 g/mol. The van der Waals surface area contributed by atoms with Crippen molar-refractivity contribution in [2.24, 2.45) is 0 Å². The molecule has 0 nitrogen and oxygen atoms in total. The lowest BCUT2D eigenvalue weighted by Gasteiger charge is -2.16. The molecule has 1 heteroatoms. The molecule has 0 amide bonds. The SMILES string of the molecule is CCCCc1ccc([Si]c2ccc(CCCC)cc2-c2ccccc2)c(-c2ccccc2)c1. The monoisotopic (exact) mass is 446 g/mol. The second-order valence-corrected chi connectivity index (χ2v) is 10.2. The maximum absolute atomic E-state index is 2.44. The predicted octanol–water partition coefficient (Wildman–Crippen LogP) is 7.36. The molecule has 0 heterocycles. The predicted molar refractivity (Wildman–Crippen MR) is 146 cm³/mol. The molecule has 0 aromatic heterocycles. The van der Waals surface area contributed by atoms with Gasteiger partial charge in [-0.25, -0.2) is 0 Å². The lowest BCUT2D eigenvalue weighted by atomic mass is 10.00. The van der Waals surface area contributed by atoms with Gasteiger partial charge in [0.2, 0.25) is 0 Å². The van der Waals surface area contributed by atoms with Gasteiger partial charge in [-0.3, -0.25) is 0 Å². The van der Waals surface area contributed by atoms with Crippen LogP contribution in [0.4, 0.5) is 0 Å². The van der Waals surface area contributed by atoms with Gasteiger partial charge in [0.25, 0.3) is 0 Å². The highest BCUT2D eigenvalue weighted by Crippen LogP contribution is 2.22. The van der Waals surface area contributed by atoms with Crippen molar-refractivity contribution in [2.45, 2.75) is 52.4 Å². The van der Waals surface area contributed by atoms with Crippen LogP contribution in [0.5, 0.6) is 0 Å². The van der Waals surface area contributed by atoms with Gasteiger partial charge in [0.15, 0.2) is 0 Å². The molecule has 0 saturated heterocycles. The highest BCUT2D eigenvalue weighted by Gasteiger charge is 2.13. The first-order valence-corrected chi connectivity index (χ1v) is 13.4. The lowest BCUT2D eigenvalue weighted by Crippen LogP contribution is -2.30. The summed E-state index contributed by atoms with van der Waals surface area (Å²) in [4.78, 5) is 0. The van der Waals surface area contributed by atoms with Gasteiger partial charge in [-0.05, 0) is 59.1 Å². The van der Waals surface area contributed by atoms with Crippen LogP contribution in [-0.2, 0) is 12.8 Å². The van der Waals surface area contributed by atoms with E-state index in [1.54, 1.807) is 0 Å². The highest BCUT2D eigenvalue weighted by atomic mass is 28.2. The van der Waals surface area contributed by atoms with Crippen molar-refractivity contribution in [1.82, 2.24) is 0 Å². The Morgan fingerprint density at radius 1 is 0.515 bits per heavy atom. The maximum atomic E-state index is 2.44. The molecule has 0 aliphatic carbocycles. The average molecular weight is 447 g/mol. The van der Waals surface area contributed by atoms with Crippen LogP contribution in [-0.4, -0.2) is 9.52 Å². The number of hydrogen-bond acceptors (Lipinski definition) is 0. The molecule has 33 heavy (non-hydrogen) atoms. The minimum absolute atomic E-state index is 0.623. The van der Waals surface area contributed by atoms with Crippen molar-refractivity contribution in [1.29, 1.82) is 0 Å². The normalized spacial score (nSPS) is 11.0. The summed E-state index contributed by atoms with van der Waals surface area (Å²) in [5.74, 6) is 0. The van der Waals surface area contributed by atoms with E-state index in [9.17, 15) is 0 Å². The van der Waals surface area contributed by atoms with E-state index in [1.807, 2.05) is 0 Å². The maximum Gasteiger partial charge on any atom is 0.123 e. The van der Waals surface area contributed by atoms with Crippen LogP contribution in [0.1, 0.15) is 50.7 Å². The summed E-state index contributed by atoms with van der Waals surface area (Å²) >= 11 is 0. The van der Waals surface area contributed by atoms with Crippen molar-refractivity contribution < 1.29 is 0 Å². The van der Waals surface area contributed by atoms with E-state index in [0.29, 0.717) is 9.52 Å². The molecule has 0 aliphatic heterocycles. The summed E-state index contributed by atoms with van der Waals surface area (Å²) in [5, 5.41) is 2.86. The molecule has 0 aliphatic rings. The van der Waals surface area contributed by atoms with Crippen LogP contribution < -0.4 is 10.4 Å². The van der Waals surface area contributed by atoms with E-state index in [0.717, 1.165) is 12.8 Å². The molecular formula is C32H34Si. The van der Waals surface area contributed by atoms with Crippen molar-refractivity contribution in [3.63, 3.8) is 0 Å². The first-order chi connectivity index (χ1) is 16.3. The van der Waals surface area contributed by atoms with Crippen molar-refractivity contribution in [3.8, 4) is 22.3 Å². The average Bonchev–Trinajstić information content (AvgIpc) is 2.88. The Morgan fingerprint density at radius 2 is 0.939 bits per heavy atom. The van der Waals surface area contributed by atoms with Gasteiger partial charge in [-0.1, -0.05) is 134 Å². The Bertz CT molecular complexity index is 1050. The minimum Gasteiger partial charge on any atom is -0.0654 e. The third kappa shape index (κ3) is 6.12. The number of aryl methyl sites for hydroxylation is 2. The Morgan fingerprint density at radius 3 is 1.33 bits per heavy atom. The van der Waals surface area contributed by atoms with E-state index in [1.165, 1.54) is 69.4 Å². The topological polar surface area (TPSA) is 0 Å². The molecule has 166 valence electrons. The Labute approximate surface area is 202 Å². The number of benzene rings is 4. The summed E-state index contributed by atoms with van der Waals surface area (Å²) in [5.41, 5.74) is 8.30.